The molecule has 0 amide bonds. The number of fused-ring (bicyclic) bond motifs is 5. The summed E-state index contributed by atoms with van der Waals surface area (Å²) in [6, 6.07) is 6.73. The van der Waals surface area contributed by atoms with Crippen molar-refractivity contribution in [2.45, 2.75) is 51.4 Å². The van der Waals surface area contributed by atoms with Crippen LogP contribution in [0.1, 0.15) is 56.1 Å². The molecule has 3 aliphatic carbocycles. The van der Waals surface area contributed by atoms with Crippen molar-refractivity contribution >= 4 is 0 Å². The highest BCUT2D eigenvalue weighted by Gasteiger charge is 2.45. The minimum Gasteiger partial charge on any atom is -0.497 e. The highest BCUT2D eigenvalue weighted by Crippen LogP contribution is 2.58. The van der Waals surface area contributed by atoms with Crippen LogP contribution in [0, 0.1) is 11.3 Å². The zero-order valence-electron chi connectivity index (χ0n) is 12.6. The first-order valence-electron chi connectivity index (χ1n) is 8.09. The predicted octanol–water partition coefficient (Wildman–Crippen LogP) is 4.86. The topological polar surface area (TPSA) is 9.23 Å². The van der Waals surface area contributed by atoms with Gasteiger partial charge in [-0.25, -0.2) is 0 Å². The van der Waals surface area contributed by atoms with Crippen LogP contribution >= 0.6 is 0 Å². The van der Waals surface area contributed by atoms with Crippen molar-refractivity contribution in [2.24, 2.45) is 11.3 Å². The van der Waals surface area contributed by atoms with Crippen LogP contribution in [-0.2, 0) is 6.42 Å². The maximum Gasteiger partial charge on any atom is 0.119 e. The highest BCUT2D eigenvalue weighted by molar-refractivity contribution is 5.43. The zero-order chi connectivity index (χ0) is 13.7. The Kier molecular flexibility index (Phi) is 2.73. The predicted molar refractivity (Wildman–Crippen MR) is 82.2 cm³/mol. The lowest BCUT2D eigenvalue weighted by Crippen LogP contribution is -2.34. The molecule has 0 aromatic heterocycles. The Morgan fingerprint density at radius 1 is 1.15 bits per heavy atom. The first-order chi connectivity index (χ1) is 9.71. The van der Waals surface area contributed by atoms with Crippen LogP contribution in [0.3, 0.4) is 0 Å². The average molecular weight is 268 g/mol. The first-order valence-corrected chi connectivity index (χ1v) is 8.09. The molecule has 0 spiro atoms. The van der Waals surface area contributed by atoms with Crippen LogP contribution in [0.25, 0.3) is 0 Å². The van der Waals surface area contributed by atoms with E-state index >= 15 is 0 Å². The van der Waals surface area contributed by atoms with Crippen molar-refractivity contribution in [3.05, 3.63) is 41.0 Å². The van der Waals surface area contributed by atoms with Crippen LogP contribution in [0.4, 0.5) is 0 Å². The van der Waals surface area contributed by atoms with Gasteiger partial charge in [-0.05, 0) is 79.0 Å². The average Bonchev–Trinajstić information content (AvgIpc) is 2.88. The van der Waals surface area contributed by atoms with Gasteiger partial charge in [0, 0.05) is 0 Å². The number of aryl methyl sites for hydroxylation is 1. The lowest BCUT2D eigenvalue weighted by molar-refractivity contribution is 0.217. The fourth-order valence-electron chi connectivity index (χ4n) is 5.01. The molecule has 0 N–H and O–H groups in total. The maximum absolute atomic E-state index is 5.45. The van der Waals surface area contributed by atoms with Crippen molar-refractivity contribution in [1.29, 1.82) is 0 Å². The maximum atomic E-state index is 5.45. The highest BCUT2D eigenvalue weighted by atomic mass is 16.5. The van der Waals surface area contributed by atoms with Gasteiger partial charge in [-0.1, -0.05) is 24.6 Å². The van der Waals surface area contributed by atoms with E-state index in [1.54, 1.807) is 23.8 Å². The number of ether oxygens (including phenoxy) is 1. The molecular weight excluding hydrogens is 244 g/mol. The van der Waals surface area contributed by atoms with Gasteiger partial charge < -0.3 is 4.74 Å². The quantitative estimate of drug-likeness (QED) is 0.661. The molecule has 3 aliphatic rings. The normalized spacial score (nSPS) is 34.8. The smallest absolute Gasteiger partial charge is 0.119 e. The molecule has 0 saturated heterocycles. The molecule has 20 heavy (non-hydrogen) atoms. The van der Waals surface area contributed by atoms with Gasteiger partial charge in [0.05, 0.1) is 7.11 Å². The van der Waals surface area contributed by atoms with E-state index < -0.39 is 0 Å². The second-order valence-corrected chi connectivity index (χ2v) is 7.11. The second kappa shape index (κ2) is 4.38. The molecule has 0 aliphatic heterocycles. The van der Waals surface area contributed by atoms with E-state index in [1.165, 1.54) is 38.5 Å². The molecule has 1 fully saturated rings. The van der Waals surface area contributed by atoms with Gasteiger partial charge >= 0.3 is 0 Å². The fourth-order valence-corrected chi connectivity index (χ4v) is 5.01. The molecule has 1 aromatic rings. The summed E-state index contributed by atoms with van der Waals surface area (Å²) >= 11 is 0. The van der Waals surface area contributed by atoms with Crippen LogP contribution in [0.15, 0.2) is 29.8 Å². The Balaban J connectivity index is 1.75. The molecule has 0 bridgehead atoms. The van der Waals surface area contributed by atoms with Crippen LogP contribution < -0.4 is 4.74 Å². The van der Waals surface area contributed by atoms with Gasteiger partial charge in [-0.2, -0.15) is 0 Å². The molecule has 106 valence electrons. The molecule has 1 saturated carbocycles. The summed E-state index contributed by atoms with van der Waals surface area (Å²) in [6.45, 7) is 2.50. The van der Waals surface area contributed by atoms with Crippen molar-refractivity contribution in [3.8, 4) is 5.75 Å². The molecule has 0 heterocycles. The molecule has 4 rings (SSSR count). The minimum atomic E-state index is 0.525. The number of hydrogen-bond donors (Lipinski definition) is 0. The van der Waals surface area contributed by atoms with Crippen LogP contribution in [0.5, 0.6) is 5.75 Å². The van der Waals surface area contributed by atoms with E-state index in [0.29, 0.717) is 5.41 Å². The third-order valence-electron chi connectivity index (χ3n) is 6.13. The molecule has 0 radical (unpaired) electrons. The van der Waals surface area contributed by atoms with Crippen molar-refractivity contribution in [2.75, 3.05) is 7.11 Å². The second-order valence-electron chi connectivity index (χ2n) is 7.11. The number of hydrogen-bond acceptors (Lipinski definition) is 1. The number of benzene rings is 1. The van der Waals surface area contributed by atoms with E-state index in [2.05, 4.69) is 31.2 Å². The summed E-state index contributed by atoms with van der Waals surface area (Å²) in [5.41, 5.74) is 5.46. The third-order valence-corrected chi connectivity index (χ3v) is 6.13. The van der Waals surface area contributed by atoms with Gasteiger partial charge in [0.2, 0.25) is 0 Å². The summed E-state index contributed by atoms with van der Waals surface area (Å²) in [5, 5.41) is 0. The standard InChI is InChI=1S/C19H24O/c1-19-10-3-4-18(19)16-8-6-13-5-7-14(20-2)12-17(13)15(16)9-11-19/h4-5,7,12,15-16H,3,6,8-11H2,1-2H3/t15-,16+,19-/m0/s1. The Bertz CT molecular complexity index is 571. The molecule has 1 heteroatoms. The van der Waals surface area contributed by atoms with E-state index in [-0.39, 0.29) is 0 Å². The van der Waals surface area contributed by atoms with Crippen LogP contribution in [0.2, 0.25) is 0 Å². The Hall–Kier alpha value is -1.24. The van der Waals surface area contributed by atoms with E-state index in [9.17, 15) is 0 Å². The largest absolute Gasteiger partial charge is 0.497 e. The lowest BCUT2D eigenvalue weighted by Gasteiger charge is -2.46. The number of rotatable bonds is 1. The molecule has 0 unspecified atom stereocenters. The van der Waals surface area contributed by atoms with Crippen LogP contribution in [-0.4, -0.2) is 7.11 Å². The Morgan fingerprint density at radius 3 is 2.90 bits per heavy atom. The van der Waals surface area contributed by atoms with E-state index in [0.717, 1.165) is 17.6 Å². The van der Waals surface area contributed by atoms with Crippen molar-refractivity contribution in [1.82, 2.24) is 0 Å². The monoisotopic (exact) mass is 268 g/mol. The van der Waals surface area contributed by atoms with Crippen molar-refractivity contribution in [3.63, 3.8) is 0 Å². The molecular formula is C19H24O. The molecule has 1 nitrogen and oxygen atoms in total. The van der Waals surface area contributed by atoms with Gasteiger partial charge in [0.15, 0.2) is 0 Å². The lowest BCUT2D eigenvalue weighted by atomic mass is 9.58. The van der Waals surface area contributed by atoms with Gasteiger partial charge in [0.25, 0.3) is 0 Å². The van der Waals surface area contributed by atoms with E-state index in [1.807, 2.05) is 0 Å². The van der Waals surface area contributed by atoms with Crippen molar-refractivity contribution < 1.29 is 4.74 Å². The molecule has 1 aromatic carbocycles. The zero-order valence-corrected chi connectivity index (χ0v) is 12.6. The summed E-state index contributed by atoms with van der Waals surface area (Å²) in [5.74, 6) is 2.57. The Morgan fingerprint density at radius 2 is 2.05 bits per heavy atom. The summed E-state index contributed by atoms with van der Waals surface area (Å²) < 4.78 is 5.45. The fraction of sp³-hybridized carbons (Fsp3) is 0.579. The third kappa shape index (κ3) is 1.68. The number of allylic oxidation sites excluding steroid dienone is 2. The van der Waals surface area contributed by atoms with Gasteiger partial charge in [0.1, 0.15) is 5.75 Å². The minimum absolute atomic E-state index is 0.525. The molecule has 3 atom stereocenters. The number of methoxy groups -OCH3 is 1. The SMILES string of the molecule is COc1ccc2c(c1)[C@H]1CC[C@]3(C)CCC=C3[C@@H]1CC2. The summed E-state index contributed by atoms with van der Waals surface area (Å²) in [4.78, 5) is 0. The summed E-state index contributed by atoms with van der Waals surface area (Å²) in [7, 11) is 1.78. The van der Waals surface area contributed by atoms with Gasteiger partial charge in [-0.15, -0.1) is 0 Å². The van der Waals surface area contributed by atoms with Gasteiger partial charge in [-0.3, -0.25) is 0 Å². The Labute approximate surface area is 122 Å². The first kappa shape index (κ1) is 12.5. The summed E-state index contributed by atoms with van der Waals surface area (Å²) in [6.07, 6.45) is 10.6. The van der Waals surface area contributed by atoms with E-state index in [4.69, 9.17) is 4.74 Å².